The number of carboxylic acid groups (broad SMARTS) is 1. The number of amides is 1. The molecule has 1 amide bonds. The lowest BCUT2D eigenvalue weighted by molar-refractivity contribution is -0.143. The molecule has 2 heterocycles. The molecule has 0 fully saturated rings. The van der Waals surface area contributed by atoms with E-state index in [0.29, 0.717) is 13.0 Å². The minimum absolute atomic E-state index is 0.161. The molecule has 7 nitrogen and oxygen atoms in total. The molecular weight excluding hydrogens is 248 g/mol. The average Bonchev–Trinajstić information content (AvgIpc) is 2.81. The van der Waals surface area contributed by atoms with Gasteiger partial charge in [0.2, 0.25) is 5.91 Å². The SMILES string of the molecule is CC(C)[C@H](NC(=O)C1Cc2nc[nH]c2CN1)C(=O)O. The standard InChI is InChI=1S/C12H18N4O3/c1-6(2)10(12(18)19)16-11(17)8-3-7-9(4-13-8)15-5-14-7/h5-6,8,10,13H,3-4H2,1-2H3,(H,14,15)(H,16,17)(H,18,19)/t8?,10-/m0/s1. The van der Waals surface area contributed by atoms with E-state index in [0.717, 1.165) is 11.4 Å². The first-order valence-corrected chi connectivity index (χ1v) is 6.26. The second-order valence-corrected chi connectivity index (χ2v) is 5.03. The predicted molar refractivity (Wildman–Crippen MR) is 67.3 cm³/mol. The van der Waals surface area contributed by atoms with E-state index in [1.807, 2.05) is 0 Å². The number of hydrogen-bond donors (Lipinski definition) is 4. The molecule has 2 atom stereocenters. The van der Waals surface area contributed by atoms with Crippen LogP contribution in [-0.2, 0) is 22.6 Å². The summed E-state index contributed by atoms with van der Waals surface area (Å²) in [6.07, 6.45) is 2.07. The summed E-state index contributed by atoms with van der Waals surface area (Å²) in [6.45, 7) is 4.06. The van der Waals surface area contributed by atoms with Crippen LogP contribution in [-0.4, -0.2) is 39.0 Å². The van der Waals surface area contributed by atoms with Crippen LogP contribution in [0.15, 0.2) is 6.33 Å². The van der Waals surface area contributed by atoms with Crippen LogP contribution in [0.2, 0.25) is 0 Å². The number of aliphatic carboxylic acids is 1. The Kier molecular flexibility index (Phi) is 3.84. The fourth-order valence-corrected chi connectivity index (χ4v) is 2.12. The molecular formula is C12H18N4O3. The van der Waals surface area contributed by atoms with Crippen molar-refractivity contribution in [3.8, 4) is 0 Å². The minimum Gasteiger partial charge on any atom is -0.480 e. The molecule has 0 radical (unpaired) electrons. The molecule has 1 unspecified atom stereocenters. The highest BCUT2D eigenvalue weighted by Gasteiger charge is 2.30. The van der Waals surface area contributed by atoms with Crippen LogP contribution in [0.1, 0.15) is 25.2 Å². The third-order valence-electron chi connectivity index (χ3n) is 3.28. The van der Waals surface area contributed by atoms with Crippen molar-refractivity contribution in [3.05, 3.63) is 17.7 Å². The van der Waals surface area contributed by atoms with Crippen LogP contribution < -0.4 is 10.6 Å². The number of aromatic nitrogens is 2. The molecule has 0 saturated carbocycles. The molecule has 19 heavy (non-hydrogen) atoms. The van der Waals surface area contributed by atoms with Gasteiger partial charge in [-0.3, -0.25) is 10.1 Å². The van der Waals surface area contributed by atoms with Gasteiger partial charge in [-0.2, -0.15) is 0 Å². The van der Waals surface area contributed by atoms with Gasteiger partial charge in [0.05, 0.1) is 23.8 Å². The van der Waals surface area contributed by atoms with Gasteiger partial charge in [0.15, 0.2) is 0 Å². The van der Waals surface area contributed by atoms with Crippen molar-refractivity contribution in [2.45, 2.75) is 38.9 Å². The van der Waals surface area contributed by atoms with Gasteiger partial charge in [0, 0.05) is 13.0 Å². The predicted octanol–water partition coefficient (Wildman–Crippen LogP) is -0.351. The first kappa shape index (κ1) is 13.5. The van der Waals surface area contributed by atoms with Crippen molar-refractivity contribution >= 4 is 11.9 Å². The molecule has 4 N–H and O–H groups in total. The number of hydrogen-bond acceptors (Lipinski definition) is 4. The number of aromatic amines is 1. The second kappa shape index (κ2) is 5.40. The van der Waals surface area contributed by atoms with E-state index in [1.165, 1.54) is 0 Å². The number of carboxylic acids is 1. The van der Waals surface area contributed by atoms with Crippen molar-refractivity contribution in [3.63, 3.8) is 0 Å². The zero-order valence-corrected chi connectivity index (χ0v) is 10.9. The highest BCUT2D eigenvalue weighted by Crippen LogP contribution is 2.12. The van der Waals surface area contributed by atoms with Gasteiger partial charge in [-0.05, 0) is 5.92 Å². The van der Waals surface area contributed by atoms with Crippen molar-refractivity contribution in [2.75, 3.05) is 0 Å². The third-order valence-corrected chi connectivity index (χ3v) is 3.28. The summed E-state index contributed by atoms with van der Waals surface area (Å²) in [5.74, 6) is -1.47. The highest BCUT2D eigenvalue weighted by atomic mass is 16.4. The Bertz CT molecular complexity index is 483. The molecule has 0 saturated heterocycles. The fourth-order valence-electron chi connectivity index (χ4n) is 2.12. The summed E-state index contributed by atoms with van der Waals surface area (Å²) in [4.78, 5) is 30.3. The number of carbonyl (C=O) groups excluding carboxylic acids is 1. The van der Waals surface area contributed by atoms with E-state index in [1.54, 1.807) is 20.2 Å². The van der Waals surface area contributed by atoms with Gasteiger partial charge in [-0.1, -0.05) is 13.8 Å². The van der Waals surface area contributed by atoms with E-state index in [4.69, 9.17) is 5.11 Å². The van der Waals surface area contributed by atoms with Crippen LogP contribution in [0.25, 0.3) is 0 Å². The smallest absolute Gasteiger partial charge is 0.326 e. The summed E-state index contributed by atoms with van der Waals surface area (Å²) in [5, 5.41) is 14.7. The maximum absolute atomic E-state index is 12.1. The Labute approximate surface area is 110 Å². The number of carbonyl (C=O) groups is 2. The minimum atomic E-state index is -1.01. The average molecular weight is 266 g/mol. The molecule has 1 aliphatic heterocycles. The van der Waals surface area contributed by atoms with Crippen molar-refractivity contribution in [1.29, 1.82) is 0 Å². The molecule has 0 aliphatic carbocycles. The summed E-state index contributed by atoms with van der Waals surface area (Å²) >= 11 is 0. The number of rotatable bonds is 4. The zero-order valence-electron chi connectivity index (χ0n) is 10.9. The zero-order chi connectivity index (χ0) is 14.0. The summed E-state index contributed by atoms with van der Waals surface area (Å²) in [5.41, 5.74) is 1.83. The summed E-state index contributed by atoms with van der Waals surface area (Å²) in [7, 11) is 0. The maximum atomic E-state index is 12.1. The van der Waals surface area contributed by atoms with Crippen molar-refractivity contribution < 1.29 is 14.7 Å². The van der Waals surface area contributed by atoms with Crippen LogP contribution in [0.4, 0.5) is 0 Å². The topological polar surface area (TPSA) is 107 Å². The molecule has 0 spiro atoms. The molecule has 104 valence electrons. The van der Waals surface area contributed by atoms with Gasteiger partial charge in [0.1, 0.15) is 6.04 Å². The quantitative estimate of drug-likeness (QED) is 0.596. The van der Waals surface area contributed by atoms with E-state index in [9.17, 15) is 9.59 Å². The highest BCUT2D eigenvalue weighted by molar-refractivity contribution is 5.87. The van der Waals surface area contributed by atoms with E-state index < -0.39 is 18.1 Å². The lowest BCUT2D eigenvalue weighted by Crippen LogP contribution is -2.53. The monoisotopic (exact) mass is 266 g/mol. The van der Waals surface area contributed by atoms with Crippen LogP contribution in [0.3, 0.4) is 0 Å². The summed E-state index contributed by atoms with van der Waals surface area (Å²) < 4.78 is 0. The second-order valence-electron chi connectivity index (χ2n) is 5.03. The molecule has 7 heteroatoms. The number of fused-ring (bicyclic) bond motifs is 1. The first-order valence-electron chi connectivity index (χ1n) is 6.26. The van der Waals surface area contributed by atoms with Crippen LogP contribution in [0.5, 0.6) is 0 Å². The first-order chi connectivity index (χ1) is 8.99. The molecule has 1 aliphatic rings. The van der Waals surface area contributed by atoms with Crippen LogP contribution in [0, 0.1) is 5.92 Å². The van der Waals surface area contributed by atoms with E-state index >= 15 is 0 Å². The lowest BCUT2D eigenvalue weighted by Gasteiger charge is -2.25. The molecule has 0 aromatic carbocycles. The number of nitrogens with zero attached hydrogens (tertiary/aromatic N) is 1. The number of nitrogens with one attached hydrogen (secondary N) is 3. The molecule has 1 aromatic heterocycles. The lowest BCUT2D eigenvalue weighted by atomic mass is 10.0. The van der Waals surface area contributed by atoms with Crippen molar-refractivity contribution in [1.82, 2.24) is 20.6 Å². The molecule has 0 bridgehead atoms. The molecule has 1 aromatic rings. The Balaban J connectivity index is 2.00. The largest absolute Gasteiger partial charge is 0.480 e. The fraction of sp³-hybridized carbons (Fsp3) is 0.583. The molecule has 2 rings (SSSR count). The van der Waals surface area contributed by atoms with Gasteiger partial charge < -0.3 is 15.4 Å². The third kappa shape index (κ3) is 2.93. The van der Waals surface area contributed by atoms with Gasteiger partial charge in [-0.15, -0.1) is 0 Å². The summed E-state index contributed by atoms with van der Waals surface area (Å²) in [6, 6.07) is -1.30. The Hall–Kier alpha value is -1.89. The number of imidazole rings is 1. The van der Waals surface area contributed by atoms with Gasteiger partial charge in [-0.25, -0.2) is 9.78 Å². The normalized spacial score (nSPS) is 19.8. The van der Waals surface area contributed by atoms with E-state index in [-0.39, 0.29) is 11.8 Å². The number of H-pyrrole nitrogens is 1. The van der Waals surface area contributed by atoms with Crippen LogP contribution >= 0.6 is 0 Å². The Morgan fingerprint density at radius 1 is 1.53 bits per heavy atom. The maximum Gasteiger partial charge on any atom is 0.326 e. The van der Waals surface area contributed by atoms with Gasteiger partial charge in [0.25, 0.3) is 0 Å². The van der Waals surface area contributed by atoms with E-state index in [2.05, 4.69) is 20.6 Å². The Morgan fingerprint density at radius 2 is 2.26 bits per heavy atom. The van der Waals surface area contributed by atoms with Crippen molar-refractivity contribution in [2.24, 2.45) is 5.92 Å². The van der Waals surface area contributed by atoms with Gasteiger partial charge >= 0.3 is 5.97 Å². The Morgan fingerprint density at radius 3 is 2.89 bits per heavy atom.